The Morgan fingerprint density at radius 1 is 1.46 bits per heavy atom. The molecule has 24 heavy (non-hydrogen) atoms. The van der Waals surface area contributed by atoms with Crippen molar-refractivity contribution < 1.29 is 8.42 Å². The van der Waals surface area contributed by atoms with Gasteiger partial charge in [0.15, 0.2) is 15.8 Å². The summed E-state index contributed by atoms with van der Waals surface area (Å²) in [4.78, 5) is 12.7. The third-order valence-electron chi connectivity index (χ3n) is 4.44. The maximum Gasteiger partial charge on any atom is 0.204 e. The summed E-state index contributed by atoms with van der Waals surface area (Å²) < 4.78 is 25.5. The zero-order valence-corrected chi connectivity index (χ0v) is 16.2. The zero-order chi connectivity index (χ0) is 18.1. The molecule has 0 aromatic carbocycles. The lowest BCUT2D eigenvalue weighted by Gasteiger charge is -2.39. The number of imidazole rings is 1. The van der Waals surface area contributed by atoms with Crippen LogP contribution in [-0.2, 0) is 23.4 Å². The van der Waals surface area contributed by atoms with E-state index in [1.165, 1.54) is 0 Å². The monoisotopic (exact) mass is 356 g/mol. The summed E-state index contributed by atoms with van der Waals surface area (Å²) in [6.07, 6.45) is 1.83. The van der Waals surface area contributed by atoms with Crippen molar-refractivity contribution >= 4 is 21.7 Å². The second kappa shape index (κ2) is 6.62. The maximum atomic E-state index is 12.1. The highest BCUT2D eigenvalue weighted by Crippen LogP contribution is 2.23. The minimum Gasteiger partial charge on any atom is -0.351 e. The van der Waals surface area contributed by atoms with Gasteiger partial charge in [-0.15, -0.1) is 0 Å². The molecule has 1 N–H and O–H groups in total. The molecular weight excluding hydrogens is 328 g/mol. The molecule has 0 unspecified atom stereocenters. The molecule has 1 saturated heterocycles. The molecule has 1 aromatic rings. The van der Waals surface area contributed by atoms with Crippen molar-refractivity contribution in [1.82, 2.24) is 19.8 Å². The van der Waals surface area contributed by atoms with Gasteiger partial charge in [-0.25, -0.2) is 13.4 Å². The Balaban J connectivity index is 2.06. The van der Waals surface area contributed by atoms with Crippen molar-refractivity contribution in [2.75, 3.05) is 44.9 Å². The predicted octanol–water partition coefficient (Wildman–Crippen LogP) is 0.0705. The number of rotatable bonds is 3. The molecule has 1 fully saturated rings. The lowest BCUT2D eigenvalue weighted by atomic mass is 10.2. The van der Waals surface area contributed by atoms with Gasteiger partial charge in [-0.2, -0.15) is 0 Å². The highest BCUT2D eigenvalue weighted by Gasteiger charge is 2.40. The molecule has 2 rings (SSSR count). The Labute approximate surface area is 144 Å². The van der Waals surface area contributed by atoms with Gasteiger partial charge in [0.1, 0.15) is 0 Å². The molecule has 9 heteroatoms. The lowest BCUT2D eigenvalue weighted by molar-refractivity contribution is 0.353. The second-order valence-corrected chi connectivity index (χ2v) is 9.65. The number of guanidine groups is 1. The first-order valence-corrected chi connectivity index (χ1v) is 9.60. The predicted molar refractivity (Wildman–Crippen MR) is 97.2 cm³/mol. The highest BCUT2D eigenvalue weighted by molar-refractivity contribution is 7.92. The smallest absolute Gasteiger partial charge is 0.204 e. The van der Waals surface area contributed by atoms with Crippen molar-refractivity contribution in [1.29, 1.82) is 0 Å². The van der Waals surface area contributed by atoms with Gasteiger partial charge < -0.3 is 19.7 Å². The first-order chi connectivity index (χ1) is 11.1. The third-order valence-corrected chi connectivity index (χ3v) is 6.98. The summed E-state index contributed by atoms with van der Waals surface area (Å²) in [5.74, 6) is 1.74. The number of nitrogens with zero attached hydrogens (tertiary/aromatic N) is 5. The van der Waals surface area contributed by atoms with Crippen molar-refractivity contribution in [3.05, 3.63) is 11.9 Å². The van der Waals surface area contributed by atoms with E-state index in [-0.39, 0.29) is 5.75 Å². The average Bonchev–Trinajstić information content (AvgIpc) is 2.85. The fourth-order valence-corrected chi connectivity index (χ4v) is 4.21. The topological polar surface area (TPSA) is 82.8 Å². The van der Waals surface area contributed by atoms with Crippen LogP contribution in [0.25, 0.3) is 0 Å². The van der Waals surface area contributed by atoms with Gasteiger partial charge in [0.25, 0.3) is 0 Å². The van der Waals surface area contributed by atoms with Crippen molar-refractivity contribution in [2.24, 2.45) is 12.0 Å². The van der Waals surface area contributed by atoms with E-state index in [4.69, 9.17) is 0 Å². The van der Waals surface area contributed by atoms with Crippen LogP contribution in [0.15, 0.2) is 11.2 Å². The van der Waals surface area contributed by atoms with Gasteiger partial charge in [0, 0.05) is 41.3 Å². The Kier molecular flexibility index (Phi) is 5.12. The standard InChI is InChI=1S/C15H28N6O2S/c1-15(2)11-21(7-8-24(15,22)23)13(16-3)17-9-12-10-18-14(19(4)5)20(12)6/h10H,7-9,11H2,1-6H3,(H,16,17). The molecule has 0 bridgehead atoms. The van der Waals surface area contributed by atoms with Crippen LogP contribution in [-0.4, -0.2) is 73.6 Å². The number of sulfone groups is 1. The van der Waals surface area contributed by atoms with Crippen LogP contribution in [0.5, 0.6) is 0 Å². The van der Waals surface area contributed by atoms with Crippen molar-refractivity contribution in [3.8, 4) is 0 Å². The van der Waals surface area contributed by atoms with Gasteiger partial charge in [-0.1, -0.05) is 0 Å². The molecule has 136 valence electrons. The van der Waals surface area contributed by atoms with Crippen molar-refractivity contribution in [3.63, 3.8) is 0 Å². The molecule has 1 aliphatic rings. The van der Waals surface area contributed by atoms with Gasteiger partial charge in [0.2, 0.25) is 5.95 Å². The van der Waals surface area contributed by atoms with Crippen LogP contribution in [0.4, 0.5) is 5.95 Å². The quantitative estimate of drug-likeness (QED) is 0.610. The van der Waals surface area contributed by atoms with Gasteiger partial charge in [0.05, 0.1) is 28.9 Å². The maximum absolute atomic E-state index is 12.1. The first-order valence-electron chi connectivity index (χ1n) is 7.95. The van der Waals surface area contributed by atoms with Gasteiger partial charge in [-0.3, -0.25) is 4.99 Å². The van der Waals surface area contributed by atoms with Crippen LogP contribution >= 0.6 is 0 Å². The number of anilines is 1. The van der Waals surface area contributed by atoms with E-state index < -0.39 is 14.6 Å². The summed E-state index contributed by atoms with van der Waals surface area (Å²) in [6, 6.07) is 0. The Hall–Kier alpha value is -1.77. The van der Waals surface area contributed by atoms with Crippen LogP contribution in [0.1, 0.15) is 19.5 Å². The van der Waals surface area contributed by atoms with Crippen LogP contribution in [0.2, 0.25) is 0 Å². The molecule has 2 heterocycles. The van der Waals surface area contributed by atoms with Crippen molar-refractivity contribution in [2.45, 2.75) is 25.1 Å². The van der Waals surface area contributed by atoms with E-state index in [0.29, 0.717) is 25.6 Å². The molecule has 1 aromatic heterocycles. The molecule has 0 saturated carbocycles. The number of aromatic nitrogens is 2. The SMILES string of the molecule is CN=C(NCc1cnc(N(C)C)n1C)N1CCS(=O)(=O)C(C)(C)C1. The molecular formula is C15H28N6O2S. The number of hydrogen-bond donors (Lipinski definition) is 1. The first kappa shape index (κ1) is 18.6. The van der Waals surface area contributed by atoms with E-state index >= 15 is 0 Å². The fraction of sp³-hybridized carbons (Fsp3) is 0.733. The number of nitrogens with one attached hydrogen (secondary N) is 1. The van der Waals surface area contributed by atoms with E-state index in [1.54, 1.807) is 20.9 Å². The highest BCUT2D eigenvalue weighted by atomic mass is 32.2. The Morgan fingerprint density at radius 2 is 2.12 bits per heavy atom. The number of hydrogen-bond acceptors (Lipinski definition) is 5. The van der Waals surface area contributed by atoms with Crippen LogP contribution in [0, 0.1) is 0 Å². The minimum atomic E-state index is -3.06. The second-order valence-electron chi connectivity index (χ2n) is 6.90. The van der Waals surface area contributed by atoms with E-state index in [9.17, 15) is 8.42 Å². The average molecular weight is 356 g/mol. The Bertz CT molecular complexity index is 720. The zero-order valence-electron chi connectivity index (χ0n) is 15.4. The minimum absolute atomic E-state index is 0.150. The summed E-state index contributed by atoms with van der Waals surface area (Å²) in [7, 11) is 4.53. The summed E-state index contributed by atoms with van der Waals surface area (Å²) in [5, 5.41) is 3.32. The fourth-order valence-electron chi connectivity index (χ4n) is 2.84. The molecule has 1 aliphatic heterocycles. The third kappa shape index (κ3) is 3.50. The summed E-state index contributed by atoms with van der Waals surface area (Å²) in [6.45, 7) is 5.01. The van der Waals surface area contributed by atoms with Gasteiger partial charge >= 0.3 is 0 Å². The number of aliphatic imine (C=N–C) groups is 1. The van der Waals surface area contributed by atoms with Gasteiger partial charge in [-0.05, 0) is 13.8 Å². The largest absolute Gasteiger partial charge is 0.351 e. The molecule has 0 spiro atoms. The molecule has 0 atom stereocenters. The van der Waals surface area contributed by atoms with E-state index in [0.717, 1.165) is 11.6 Å². The Morgan fingerprint density at radius 3 is 2.62 bits per heavy atom. The normalized spacial score (nSPS) is 20.1. The van der Waals surface area contributed by atoms with Crippen LogP contribution < -0.4 is 10.2 Å². The molecule has 0 aliphatic carbocycles. The van der Waals surface area contributed by atoms with E-state index in [1.807, 2.05) is 41.7 Å². The molecule has 0 amide bonds. The summed E-state index contributed by atoms with van der Waals surface area (Å²) in [5.41, 5.74) is 1.03. The summed E-state index contributed by atoms with van der Waals surface area (Å²) >= 11 is 0. The molecule has 8 nitrogen and oxygen atoms in total. The van der Waals surface area contributed by atoms with Crippen LogP contribution in [0.3, 0.4) is 0 Å². The molecule has 0 radical (unpaired) electrons. The van der Waals surface area contributed by atoms with E-state index in [2.05, 4.69) is 15.3 Å². The lowest BCUT2D eigenvalue weighted by Crippen LogP contribution is -2.57.